The monoisotopic (exact) mass is 405 g/mol. The predicted octanol–water partition coefficient (Wildman–Crippen LogP) is 4.63. The van der Waals surface area contributed by atoms with Gasteiger partial charge in [-0.1, -0.05) is 35.3 Å². The van der Waals surface area contributed by atoms with E-state index in [1.54, 1.807) is 18.2 Å². The first-order chi connectivity index (χ1) is 13.0. The maximum absolute atomic E-state index is 12.6. The third-order valence-corrected chi connectivity index (χ3v) is 5.75. The Labute approximate surface area is 171 Å². The van der Waals surface area contributed by atoms with Crippen LogP contribution in [0.25, 0.3) is 0 Å². The molecule has 1 amide bonds. The number of likely N-dealkylation sites (tertiary alicyclic amines) is 1. The van der Waals surface area contributed by atoms with E-state index in [1.807, 2.05) is 14.1 Å². The zero-order valence-electron chi connectivity index (χ0n) is 15.7. The van der Waals surface area contributed by atoms with Gasteiger partial charge in [0, 0.05) is 31.9 Å². The number of carbonyl (C=O) groups excluding carboxylic acids is 1. The minimum Gasteiger partial charge on any atom is -0.378 e. The molecule has 0 aromatic heterocycles. The third-order valence-electron chi connectivity index (χ3n) is 5.01. The third kappa shape index (κ3) is 4.95. The summed E-state index contributed by atoms with van der Waals surface area (Å²) < 4.78 is 0. The van der Waals surface area contributed by atoms with E-state index in [-0.39, 0.29) is 11.9 Å². The van der Waals surface area contributed by atoms with Gasteiger partial charge in [-0.2, -0.15) is 0 Å². The molecule has 3 rings (SSSR count). The summed E-state index contributed by atoms with van der Waals surface area (Å²) in [5.74, 6) is -0.136. The van der Waals surface area contributed by atoms with Crippen molar-refractivity contribution >= 4 is 34.8 Å². The van der Waals surface area contributed by atoms with Gasteiger partial charge in [-0.15, -0.1) is 0 Å². The predicted molar refractivity (Wildman–Crippen MR) is 113 cm³/mol. The van der Waals surface area contributed by atoms with Gasteiger partial charge < -0.3 is 10.2 Å². The molecule has 1 fully saturated rings. The molecule has 0 unspecified atom stereocenters. The fraction of sp³-hybridized carbons (Fsp3) is 0.381. The highest BCUT2D eigenvalue weighted by atomic mass is 35.5. The van der Waals surface area contributed by atoms with Gasteiger partial charge >= 0.3 is 0 Å². The number of hydrogen-bond donors (Lipinski definition) is 1. The van der Waals surface area contributed by atoms with Crippen LogP contribution in [0.5, 0.6) is 0 Å². The van der Waals surface area contributed by atoms with Gasteiger partial charge in [0.25, 0.3) is 5.91 Å². The Hall–Kier alpha value is -1.75. The van der Waals surface area contributed by atoms with Gasteiger partial charge in [0.05, 0.1) is 16.1 Å². The standard InChI is InChI=1S/C21H25Cl2N3O/c1-25(2)17-8-5-15(6-9-17)20(26-11-3-4-12-26)14-24-21(27)16-7-10-18(22)19(23)13-16/h5-10,13,20H,3-4,11-12,14H2,1-2H3,(H,24,27)/t20-/m0/s1. The van der Waals surface area contributed by atoms with Crippen molar-refractivity contribution in [1.82, 2.24) is 10.2 Å². The molecule has 0 spiro atoms. The van der Waals surface area contributed by atoms with Gasteiger partial charge in [0.15, 0.2) is 0 Å². The number of nitrogens with one attached hydrogen (secondary N) is 1. The number of halogens is 2. The topological polar surface area (TPSA) is 35.6 Å². The van der Waals surface area contributed by atoms with Crippen molar-refractivity contribution in [3.8, 4) is 0 Å². The highest BCUT2D eigenvalue weighted by molar-refractivity contribution is 6.42. The van der Waals surface area contributed by atoms with E-state index in [4.69, 9.17) is 23.2 Å². The molecule has 1 heterocycles. The molecule has 27 heavy (non-hydrogen) atoms. The van der Waals surface area contributed by atoms with E-state index in [0.29, 0.717) is 22.2 Å². The lowest BCUT2D eigenvalue weighted by molar-refractivity contribution is 0.0938. The van der Waals surface area contributed by atoms with Crippen LogP contribution >= 0.6 is 23.2 Å². The van der Waals surface area contributed by atoms with Crippen molar-refractivity contribution in [3.05, 3.63) is 63.6 Å². The molecule has 1 N–H and O–H groups in total. The quantitative estimate of drug-likeness (QED) is 0.760. The van der Waals surface area contributed by atoms with Crippen molar-refractivity contribution in [2.24, 2.45) is 0 Å². The number of benzene rings is 2. The molecule has 0 radical (unpaired) electrons. The lowest BCUT2D eigenvalue weighted by Crippen LogP contribution is -2.36. The summed E-state index contributed by atoms with van der Waals surface area (Å²) >= 11 is 12.0. The molecule has 1 aliphatic heterocycles. The SMILES string of the molecule is CN(C)c1ccc([C@H](CNC(=O)c2ccc(Cl)c(Cl)c2)N2CCCC2)cc1. The molecule has 144 valence electrons. The molecule has 1 saturated heterocycles. The fourth-order valence-corrected chi connectivity index (χ4v) is 3.73. The van der Waals surface area contributed by atoms with Crippen LogP contribution in [0.1, 0.15) is 34.8 Å². The van der Waals surface area contributed by atoms with Gasteiger partial charge in [-0.3, -0.25) is 9.69 Å². The number of hydrogen-bond acceptors (Lipinski definition) is 3. The molecule has 6 heteroatoms. The Morgan fingerprint density at radius 1 is 1.07 bits per heavy atom. The summed E-state index contributed by atoms with van der Waals surface area (Å²) in [5.41, 5.74) is 2.91. The number of amides is 1. The smallest absolute Gasteiger partial charge is 0.251 e. The molecule has 2 aromatic carbocycles. The van der Waals surface area contributed by atoms with E-state index in [2.05, 4.69) is 39.4 Å². The van der Waals surface area contributed by atoms with Gasteiger partial charge in [-0.25, -0.2) is 0 Å². The average molecular weight is 406 g/mol. The maximum Gasteiger partial charge on any atom is 0.251 e. The van der Waals surface area contributed by atoms with Crippen molar-refractivity contribution in [2.75, 3.05) is 38.6 Å². The number of rotatable bonds is 6. The molecule has 2 aromatic rings. The summed E-state index contributed by atoms with van der Waals surface area (Å²) in [7, 11) is 4.06. The van der Waals surface area contributed by atoms with E-state index < -0.39 is 0 Å². The van der Waals surface area contributed by atoms with Crippen LogP contribution in [0.2, 0.25) is 10.0 Å². The Kier molecular flexibility index (Phi) is 6.64. The van der Waals surface area contributed by atoms with Crippen LogP contribution in [-0.4, -0.2) is 44.5 Å². The first-order valence-corrected chi connectivity index (χ1v) is 9.96. The largest absolute Gasteiger partial charge is 0.378 e. The van der Waals surface area contributed by atoms with Crippen LogP contribution in [-0.2, 0) is 0 Å². The van der Waals surface area contributed by atoms with Crippen molar-refractivity contribution < 1.29 is 4.79 Å². The van der Waals surface area contributed by atoms with E-state index in [0.717, 1.165) is 13.1 Å². The summed E-state index contributed by atoms with van der Waals surface area (Å²) in [6, 6.07) is 13.7. The molecule has 4 nitrogen and oxygen atoms in total. The molecular formula is C21H25Cl2N3O. The molecule has 0 bridgehead atoms. The molecule has 0 aliphatic carbocycles. The van der Waals surface area contributed by atoms with Crippen LogP contribution in [0.3, 0.4) is 0 Å². The zero-order chi connectivity index (χ0) is 19.4. The first kappa shape index (κ1) is 20.0. The summed E-state index contributed by atoms with van der Waals surface area (Å²) in [4.78, 5) is 17.1. The Bertz CT molecular complexity index is 787. The van der Waals surface area contributed by atoms with Gasteiger partial charge in [-0.05, 0) is 61.8 Å². The van der Waals surface area contributed by atoms with Crippen LogP contribution < -0.4 is 10.2 Å². The van der Waals surface area contributed by atoms with Gasteiger partial charge in [0.1, 0.15) is 0 Å². The van der Waals surface area contributed by atoms with Crippen molar-refractivity contribution in [2.45, 2.75) is 18.9 Å². The minimum absolute atomic E-state index is 0.136. The normalized spacial score (nSPS) is 15.6. The molecule has 1 atom stereocenters. The fourth-order valence-electron chi connectivity index (χ4n) is 3.43. The van der Waals surface area contributed by atoms with Crippen molar-refractivity contribution in [3.63, 3.8) is 0 Å². The second-order valence-corrected chi connectivity index (χ2v) is 7.90. The summed E-state index contributed by atoms with van der Waals surface area (Å²) in [6.45, 7) is 2.67. The lowest BCUT2D eigenvalue weighted by atomic mass is 10.0. The van der Waals surface area contributed by atoms with E-state index in [1.165, 1.54) is 24.1 Å². The van der Waals surface area contributed by atoms with Crippen molar-refractivity contribution in [1.29, 1.82) is 0 Å². The maximum atomic E-state index is 12.6. The van der Waals surface area contributed by atoms with E-state index in [9.17, 15) is 4.79 Å². The molecular weight excluding hydrogens is 381 g/mol. The van der Waals surface area contributed by atoms with Crippen LogP contribution in [0.4, 0.5) is 5.69 Å². The molecule has 0 saturated carbocycles. The van der Waals surface area contributed by atoms with Gasteiger partial charge in [0.2, 0.25) is 0 Å². The molecule has 1 aliphatic rings. The van der Waals surface area contributed by atoms with E-state index >= 15 is 0 Å². The minimum atomic E-state index is -0.136. The highest BCUT2D eigenvalue weighted by Crippen LogP contribution is 2.27. The zero-order valence-corrected chi connectivity index (χ0v) is 17.2. The van der Waals surface area contributed by atoms with Crippen LogP contribution in [0.15, 0.2) is 42.5 Å². The lowest BCUT2D eigenvalue weighted by Gasteiger charge is -2.28. The second kappa shape index (κ2) is 8.96. The highest BCUT2D eigenvalue weighted by Gasteiger charge is 2.24. The average Bonchev–Trinajstić information content (AvgIpc) is 3.19. The number of anilines is 1. The Morgan fingerprint density at radius 3 is 2.33 bits per heavy atom. The Morgan fingerprint density at radius 2 is 1.74 bits per heavy atom. The summed E-state index contributed by atoms with van der Waals surface area (Å²) in [6.07, 6.45) is 2.40. The number of carbonyl (C=O) groups is 1. The second-order valence-electron chi connectivity index (χ2n) is 7.08. The number of nitrogens with zero attached hydrogens (tertiary/aromatic N) is 2. The summed E-state index contributed by atoms with van der Waals surface area (Å²) in [5, 5.41) is 3.90. The first-order valence-electron chi connectivity index (χ1n) is 9.20. The van der Waals surface area contributed by atoms with Crippen LogP contribution in [0, 0.1) is 0 Å². The Balaban J connectivity index is 1.73.